The zero-order chi connectivity index (χ0) is 11.8. The summed E-state index contributed by atoms with van der Waals surface area (Å²) in [5.74, 6) is 0.835. The van der Waals surface area contributed by atoms with Gasteiger partial charge in [0.1, 0.15) is 0 Å². The quantitative estimate of drug-likeness (QED) is 0.796. The van der Waals surface area contributed by atoms with Crippen molar-refractivity contribution in [3.8, 4) is 0 Å². The van der Waals surface area contributed by atoms with E-state index in [2.05, 4.69) is 24.4 Å². The van der Waals surface area contributed by atoms with Crippen LogP contribution in [0.25, 0.3) is 0 Å². The molecule has 3 heteroatoms. The third-order valence-electron chi connectivity index (χ3n) is 4.00. The van der Waals surface area contributed by atoms with E-state index in [1.165, 1.54) is 5.56 Å². The van der Waals surface area contributed by atoms with Crippen LogP contribution in [-0.4, -0.2) is 25.0 Å². The van der Waals surface area contributed by atoms with Crippen molar-refractivity contribution < 1.29 is 4.79 Å². The van der Waals surface area contributed by atoms with Gasteiger partial charge in [0, 0.05) is 18.7 Å². The van der Waals surface area contributed by atoms with Gasteiger partial charge in [-0.3, -0.25) is 4.79 Å². The van der Waals surface area contributed by atoms with E-state index in [1.807, 2.05) is 17.0 Å². The first-order chi connectivity index (χ1) is 8.27. The predicted molar refractivity (Wildman–Crippen MR) is 68.0 cm³/mol. The molecule has 3 rings (SSSR count). The number of hydrogen-bond donors (Lipinski definition) is 1. The summed E-state index contributed by atoms with van der Waals surface area (Å²) in [4.78, 5) is 14.2. The number of hydrogen-bond acceptors (Lipinski definition) is 2. The minimum Gasteiger partial charge on any atom is -0.315 e. The Hall–Kier alpha value is -1.35. The Morgan fingerprint density at radius 1 is 1.35 bits per heavy atom. The summed E-state index contributed by atoms with van der Waals surface area (Å²) in [7, 11) is 0. The number of nitrogens with zero attached hydrogens (tertiary/aromatic N) is 1. The van der Waals surface area contributed by atoms with E-state index in [4.69, 9.17) is 0 Å². The number of nitrogens with one attached hydrogen (secondary N) is 1. The minimum absolute atomic E-state index is 0.290. The Labute approximate surface area is 102 Å². The summed E-state index contributed by atoms with van der Waals surface area (Å²) >= 11 is 0. The molecule has 2 aliphatic rings. The molecule has 3 nitrogen and oxygen atoms in total. The molecule has 17 heavy (non-hydrogen) atoms. The van der Waals surface area contributed by atoms with Crippen LogP contribution in [0.2, 0.25) is 0 Å². The molecule has 1 amide bonds. The molecule has 1 N–H and O–H groups in total. The molecule has 0 radical (unpaired) electrons. The molecule has 0 aliphatic carbocycles. The lowest BCUT2D eigenvalue weighted by atomic mass is 9.93. The molecule has 2 atom stereocenters. The Balaban J connectivity index is 1.96. The predicted octanol–water partition coefficient (Wildman–Crippen LogP) is 1.71. The maximum absolute atomic E-state index is 12.2. The fraction of sp³-hybridized carbons (Fsp3) is 0.500. The van der Waals surface area contributed by atoms with Gasteiger partial charge in [-0.05, 0) is 37.4 Å². The van der Waals surface area contributed by atoms with Crippen molar-refractivity contribution in [2.75, 3.05) is 18.0 Å². The van der Waals surface area contributed by atoms with Gasteiger partial charge in [-0.15, -0.1) is 0 Å². The maximum atomic E-state index is 12.2. The van der Waals surface area contributed by atoms with E-state index < -0.39 is 0 Å². The van der Waals surface area contributed by atoms with Gasteiger partial charge in [-0.2, -0.15) is 0 Å². The highest BCUT2D eigenvalue weighted by Crippen LogP contribution is 2.35. The summed E-state index contributed by atoms with van der Waals surface area (Å²) in [6.07, 6.45) is 1.85. The van der Waals surface area contributed by atoms with Gasteiger partial charge in [0.25, 0.3) is 0 Å². The first-order valence-corrected chi connectivity index (χ1v) is 6.36. The van der Waals surface area contributed by atoms with E-state index >= 15 is 0 Å². The number of anilines is 1. The Bertz CT molecular complexity index is 444. The summed E-state index contributed by atoms with van der Waals surface area (Å²) < 4.78 is 0. The average Bonchev–Trinajstić information content (AvgIpc) is 2.66. The number of para-hydroxylation sites is 1. The first-order valence-electron chi connectivity index (χ1n) is 6.36. The van der Waals surface area contributed by atoms with Crippen LogP contribution in [0.3, 0.4) is 0 Å². The molecular formula is C14H18N2O. The van der Waals surface area contributed by atoms with E-state index in [0.29, 0.717) is 12.0 Å². The molecule has 0 aromatic heterocycles. The van der Waals surface area contributed by atoms with E-state index in [1.54, 1.807) is 0 Å². The van der Waals surface area contributed by atoms with Crippen molar-refractivity contribution in [3.05, 3.63) is 29.8 Å². The zero-order valence-electron chi connectivity index (χ0n) is 10.1. The second-order valence-electron chi connectivity index (χ2n) is 5.07. The summed E-state index contributed by atoms with van der Waals surface area (Å²) in [5.41, 5.74) is 2.28. The van der Waals surface area contributed by atoms with Crippen molar-refractivity contribution in [1.29, 1.82) is 0 Å². The monoisotopic (exact) mass is 230 g/mol. The number of piperidine rings is 1. The van der Waals surface area contributed by atoms with Gasteiger partial charge in [0.15, 0.2) is 0 Å². The minimum atomic E-state index is 0.290. The third-order valence-corrected chi connectivity index (χ3v) is 4.00. The maximum Gasteiger partial charge on any atom is 0.227 e. The summed E-state index contributed by atoms with van der Waals surface area (Å²) in [6.45, 7) is 4.06. The average molecular weight is 230 g/mol. The van der Waals surface area contributed by atoms with Gasteiger partial charge in [-0.25, -0.2) is 0 Å². The highest BCUT2D eigenvalue weighted by atomic mass is 16.2. The van der Waals surface area contributed by atoms with Crippen molar-refractivity contribution >= 4 is 11.6 Å². The topological polar surface area (TPSA) is 32.3 Å². The third kappa shape index (κ3) is 1.75. The van der Waals surface area contributed by atoms with Crippen LogP contribution in [0, 0.1) is 12.8 Å². The van der Waals surface area contributed by atoms with Crippen LogP contribution in [-0.2, 0) is 4.79 Å². The molecule has 0 saturated carbocycles. The molecule has 1 aromatic rings. The van der Waals surface area contributed by atoms with Crippen LogP contribution in [0.1, 0.15) is 18.4 Å². The fourth-order valence-electron chi connectivity index (χ4n) is 3.09. The number of fused-ring (bicyclic) bond motifs is 1. The summed E-state index contributed by atoms with van der Waals surface area (Å²) in [5, 5.41) is 3.40. The van der Waals surface area contributed by atoms with Crippen molar-refractivity contribution in [1.82, 2.24) is 5.32 Å². The van der Waals surface area contributed by atoms with Crippen molar-refractivity contribution in [2.24, 2.45) is 5.92 Å². The normalized spacial score (nSPS) is 28.3. The Kier molecular flexibility index (Phi) is 2.63. The first kappa shape index (κ1) is 10.8. The van der Waals surface area contributed by atoms with Gasteiger partial charge < -0.3 is 10.2 Å². The molecule has 2 heterocycles. The van der Waals surface area contributed by atoms with Crippen molar-refractivity contribution in [3.63, 3.8) is 0 Å². The Morgan fingerprint density at radius 3 is 3.00 bits per heavy atom. The van der Waals surface area contributed by atoms with Gasteiger partial charge >= 0.3 is 0 Å². The molecule has 2 fully saturated rings. The number of benzene rings is 1. The van der Waals surface area contributed by atoms with Gasteiger partial charge in [-0.1, -0.05) is 18.2 Å². The van der Waals surface area contributed by atoms with Crippen LogP contribution in [0.15, 0.2) is 24.3 Å². The lowest BCUT2D eigenvalue weighted by molar-refractivity contribution is -0.117. The second-order valence-corrected chi connectivity index (χ2v) is 5.07. The molecule has 0 bridgehead atoms. The number of rotatable bonds is 1. The summed E-state index contributed by atoms with van der Waals surface area (Å²) in [6, 6.07) is 8.53. The molecule has 1 aromatic carbocycles. The Morgan fingerprint density at radius 2 is 2.18 bits per heavy atom. The number of aryl methyl sites for hydroxylation is 1. The largest absolute Gasteiger partial charge is 0.315 e. The lowest BCUT2D eigenvalue weighted by Crippen LogP contribution is -2.47. The highest BCUT2D eigenvalue weighted by molar-refractivity contribution is 5.97. The number of carbonyl (C=O) groups excluding carboxylic acids is 1. The van der Waals surface area contributed by atoms with Gasteiger partial charge in [0.2, 0.25) is 5.91 Å². The van der Waals surface area contributed by atoms with E-state index in [0.717, 1.165) is 31.6 Å². The number of amides is 1. The van der Waals surface area contributed by atoms with Crippen LogP contribution >= 0.6 is 0 Å². The van der Waals surface area contributed by atoms with E-state index in [9.17, 15) is 4.79 Å². The van der Waals surface area contributed by atoms with Crippen LogP contribution < -0.4 is 10.2 Å². The molecule has 2 aliphatic heterocycles. The molecule has 90 valence electrons. The standard InChI is InChI=1S/C14H18N2O/c1-10-4-2-3-5-12(10)16-13-9-15-7-6-11(13)8-14(16)17/h2-5,11,13,15H,6-9H2,1H3. The second kappa shape index (κ2) is 4.15. The highest BCUT2D eigenvalue weighted by Gasteiger charge is 2.41. The molecular weight excluding hydrogens is 212 g/mol. The molecule has 2 saturated heterocycles. The SMILES string of the molecule is Cc1ccccc1N1C(=O)CC2CCNCC21. The molecule has 0 spiro atoms. The van der Waals surface area contributed by atoms with Crippen molar-refractivity contribution in [2.45, 2.75) is 25.8 Å². The molecule has 2 unspecified atom stereocenters. The van der Waals surface area contributed by atoms with E-state index in [-0.39, 0.29) is 5.91 Å². The fourth-order valence-corrected chi connectivity index (χ4v) is 3.09. The van der Waals surface area contributed by atoms with Crippen LogP contribution in [0.5, 0.6) is 0 Å². The smallest absolute Gasteiger partial charge is 0.227 e. The van der Waals surface area contributed by atoms with Crippen LogP contribution in [0.4, 0.5) is 5.69 Å². The zero-order valence-corrected chi connectivity index (χ0v) is 10.1. The van der Waals surface area contributed by atoms with Gasteiger partial charge in [0.05, 0.1) is 6.04 Å². The lowest BCUT2D eigenvalue weighted by Gasteiger charge is -2.32. The number of carbonyl (C=O) groups is 1.